The van der Waals surface area contributed by atoms with Gasteiger partial charge in [0, 0.05) is 0 Å². The van der Waals surface area contributed by atoms with Crippen molar-refractivity contribution >= 4 is 25.0 Å². The summed E-state index contributed by atoms with van der Waals surface area (Å²) < 4.78 is 8.58. The van der Waals surface area contributed by atoms with Crippen LogP contribution in [0.5, 0.6) is 0 Å². The molecule has 0 aliphatic heterocycles. The third kappa shape index (κ3) is 7.35. The molecular weight excluding hydrogens is 127 g/mol. The molecule has 0 unspecified atom stereocenters. The molecule has 0 rings (SSSR count). The maximum atomic E-state index is 10.2. The van der Waals surface area contributed by atoms with Crippen LogP contribution in [0.3, 0.4) is 0 Å². The van der Waals surface area contributed by atoms with Crippen LogP contribution < -0.4 is 0 Å². The molecule has 0 radical (unpaired) electrons. The van der Waals surface area contributed by atoms with E-state index in [1.54, 1.807) is 0 Å². The van der Waals surface area contributed by atoms with Gasteiger partial charge in [-0.2, -0.15) is 0 Å². The van der Waals surface area contributed by atoms with E-state index in [0.29, 0.717) is 0 Å². The van der Waals surface area contributed by atoms with E-state index < -0.39 is 6.16 Å². The van der Waals surface area contributed by atoms with Gasteiger partial charge < -0.3 is 9.47 Å². The SMILES string of the molecule is C=CCOC(=O)OC=C.[LiH]. The minimum atomic E-state index is -0.759. The molecule has 0 saturated carbocycles. The summed E-state index contributed by atoms with van der Waals surface area (Å²) in [6.45, 7) is 6.65. The Balaban J connectivity index is 0. The third-order valence-corrected chi connectivity index (χ3v) is 0.499. The van der Waals surface area contributed by atoms with Crippen molar-refractivity contribution < 1.29 is 14.3 Å². The fourth-order valence-electron chi connectivity index (χ4n) is 0.229. The zero-order valence-corrected chi connectivity index (χ0v) is 5.00. The van der Waals surface area contributed by atoms with Crippen molar-refractivity contribution in [2.75, 3.05) is 6.61 Å². The van der Waals surface area contributed by atoms with Crippen molar-refractivity contribution in [3.63, 3.8) is 0 Å². The molecule has 4 heteroatoms. The molecule has 0 atom stereocenters. The van der Waals surface area contributed by atoms with E-state index in [9.17, 15) is 4.79 Å². The van der Waals surface area contributed by atoms with E-state index in [2.05, 4.69) is 22.6 Å². The Kier molecular flexibility index (Phi) is 10.1. The number of rotatable bonds is 3. The van der Waals surface area contributed by atoms with Crippen molar-refractivity contribution in [3.8, 4) is 0 Å². The van der Waals surface area contributed by atoms with Gasteiger partial charge in [0.2, 0.25) is 0 Å². The molecule has 0 aliphatic carbocycles. The maximum absolute atomic E-state index is 10.2. The normalized spacial score (nSPS) is 6.80. The zero-order valence-electron chi connectivity index (χ0n) is 5.00. The van der Waals surface area contributed by atoms with Crippen LogP contribution in [0.25, 0.3) is 0 Å². The quantitative estimate of drug-likeness (QED) is 0.249. The summed E-state index contributed by atoms with van der Waals surface area (Å²) in [7, 11) is 0. The second-order valence-electron chi connectivity index (χ2n) is 1.13. The topological polar surface area (TPSA) is 35.5 Å². The Hall–Kier alpha value is -0.653. The van der Waals surface area contributed by atoms with Crippen LogP contribution in [-0.4, -0.2) is 31.6 Å². The van der Waals surface area contributed by atoms with Gasteiger partial charge in [0.25, 0.3) is 0 Å². The third-order valence-electron chi connectivity index (χ3n) is 0.499. The van der Waals surface area contributed by atoms with Gasteiger partial charge in [-0.1, -0.05) is 19.2 Å². The van der Waals surface area contributed by atoms with E-state index >= 15 is 0 Å². The predicted octanol–water partition coefficient (Wildman–Crippen LogP) is 0.821. The first-order valence-electron chi connectivity index (χ1n) is 2.36. The Morgan fingerprint density at radius 1 is 1.50 bits per heavy atom. The van der Waals surface area contributed by atoms with Crippen LogP contribution in [0, 0.1) is 0 Å². The number of ether oxygens (including phenoxy) is 2. The molecule has 10 heavy (non-hydrogen) atoms. The van der Waals surface area contributed by atoms with Crippen molar-refractivity contribution in [1.29, 1.82) is 0 Å². The minimum absolute atomic E-state index is 0. The number of carbonyl (C=O) groups excluding carboxylic acids is 1. The van der Waals surface area contributed by atoms with E-state index in [0.717, 1.165) is 6.26 Å². The fourth-order valence-corrected chi connectivity index (χ4v) is 0.229. The molecule has 52 valence electrons. The molecule has 0 amide bonds. The average Bonchev–Trinajstić information content (AvgIpc) is 1.85. The van der Waals surface area contributed by atoms with Crippen LogP contribution >= 0.6 is 0 Å². The predicted molar refractivity (Wildman–Crippen MR) is 40.0 cm³/mol. The molecule has 0 N–H and O–H groups in total. The van der Waals surface area contributed by atoms with Crippen LogP contribution in [0.15, 0.2) is 25.5 Å². The molecule has 3 nitrogen and oxygen atoms in total. The second kappa shape index (κ2) is 8.35. The van der Waals surface area contributed by atoms with Crippen LogP contribution in [0.1, 0.15) is 0 Å². The molecule has 0 saturated heterocycles. The van der Waals surface area contributed by atoms with Crippen molar-refractivity contribution in [3.05, 3.63) is 25.5 Å². The second-order valence-corrected chi connectivity index (χ2v) is 1.13. The zero-order chi connectivity index (χ0) is 7.11. The molecule has 0 aromatic rings. The summed E-state index contributed by atoms with van der Waals surface area (Å²) in [5.74, 6) is 0. The first-order chi connectivity index (χ1) is 4.31. The monoisotopic (exact) mass is 136 g/mol. The fraction of sp³-hybridized carbons (Fsp3) is 0.167. The first-order valence-corrected chi connectivity index (χ1v) is 2.36. The van der Waals surface area contributed by atoms with Gasteiger partial charge in [-0.05, 0) is 0 Å². The van der Waals surface area contributed by atoms with Gasteiger partial charge in [-0.25, -0.2) is 4.79 Å². The average molecular weight is 136 g/mol. The summed E-state index contributed by atoms with van der Waals surface area (Å²) in [5, 5.41) is 0. The van der Waals surface area contributed by atoms with Gasteiger partial charge in [0.1, 0.15) is 6.61 Å². The molecule has 0 heterocycles. The summed E-state index contributed by atoms with van der Waals surface area (Å²) in [6, 6.07) is 0. The van der Waals surface area contributed by atoms with Crippen LogP contribution in [0.4, 0.5) is 4.79 Å². The van der Waals surface area contributed by atoms with Crippen molar-refractivity contribution in [2.24, 2.45) is 0 Å². The van der Waals surface area contributed by atoms with E-state index in [1.807, 2.05) is 0 Å². The molecule has 0 spiro atoms. The molecular formula is C6H9LiO3. The van der Waals surface area contributed by atoms with Crippen molar-refractivity contribution in [1.82, 2.24) is 0 Å². The van der Waals surface area contributed by atoms with Gasteiger partial charge in [-0.15, -0.1) is 0 Å². The first kappa shape index (κ1) is 12.1. The Morgan fingerprint density at radius 2 is 2.10 bits per heavy atom. The summed E-state index contributed by atoms with van der Waals surface area (Å²) in [5.41, 5.74) is 0. The molecule has 0 bridgehead atoms. The Labute approximate surface area is 71.9 Å². The Bertz CT molecular complexity index is 122. The van der Waals surface area contributed by atoms with Gasteiger partial charge in [0.15, 0.2) is 0 Å². The van der Waals surface area contributed by atoms with Crippen molar-refractivity contribution in [2.45, 2.75) is 0 Å². The number of carbonyl (C=O) groups is 1. The number of hydrogen-bond acceptors (Lipinski definition) is 3. The molecule has 0 aromatic heterocycles. The van der Waals surface area contributed by atoms with Crippen LogP contribution in [0.2, 0.25) is 0 Å². The summed E-state index contributed by atoms with van der Waals surface area (Å²) >= 11 is 0. The van der Waals surface area contributed by atoms with E-state index in [4.69, 9.17) is 0 Å². The van der Waals surface area contributed by atoms with E-state index in [-0.39, 0.29) is 25.5 Å². The number of hydrogen-bond donors (Lipinski definition) is 0. The molecule has 0 aliphatic rings. The molecule has 0 fully saturated rings. The Morgan fingerprint density at radius 3 is 2.50 bits per heavy atom. The van der Waals surface area contributed by atoms with Crippen LogP contribution in [-0.2, 0) is 9.47 Å². The van der Waals surface area contributed by atoms with Gasteiger partial charge in [-0.3, -0.25) is 0 Å². The molecule has 0 aromatic carbocycles. The van der Waals surface area contributed by atoms with Gasteiger partial charge in [0.05, 0.1) is 6.26 Å². The van der Waals surface area contributed by atoms with E-state index in [1.165, 1.54) is 6.08 Å². The standard InChI is InChI=1S/C6H8O3.Li.H/c1-3-5-9-6(7)8-4-2;;/h3-4H,1-2,5H2;;. The van der Waals surface area contributed by atoms with Gasteiger partial charge >= 0.3 is 25.0 Å². The summed E-state index contributed by atoms with van der Waals surface area (Å²) in [6.07, 6.45) is 1.69. The summed E-state index contributed by atoms with van der Waals surface area (Å²) in [4.78, 5) is 10.2.